The summed E-state index contributed by atoms with van der Waals surface area (Å²) in [6.07, 6.45) is 3.39. The summed E-state index contributed by atoms with van der Waals surface area (Å²) in [6, 6.07) is 5.67. The van der Waals surface area contributed by atoms with Gasteiger partial charge in [0.2, 0.25) is 0 Å². The van der Waals surface area contributed by atoms with Gasteiger partial charge in [-0.25, -0.2) is 9.97 Å². The Kier molecular flexibility index (Phi) is 5.78. The summed E-state index contributed by atoms with van der Waals surface area (Å²) in [7, 11) is 0. The van der Waals surface area contributed by atoms with Gasteiger partial charge in [-0.15, -0.1) is 0 Å². The van der Waals surface area contributed by atoms with Crippen molar-refractivity contribution in [3.05, 3.63) is 46.8 Å². The lowest BCUT2D eigenvalue weighted by Gasteiger charge is -2.36. The van der Waals surface area contributed by atoms with Gasteiger partial charge in [0.15, 0.2) is 0 Å². The summed E-state index contributed by atoms with van der Waals surface area (Å²) < 4.78 is 11.5. The van der Waals surface area contributed by atoms with Crippen LogP contribution in [0.3, 0.4) is 0 Å². The van der Waals surface area contributed by atoms with Gasteiger partial charge < -0.3 is 19.7 Å². The van der Waals surface area contributed by atoms with Gasteiger partial charge in [-0.1, -0.05) is 6.07 Å². The molecule has 4 heterocycles. The first kappa shape index (κ1) is 19.8. The molecule has 0 aliphatic carbocycles. The van der Waals surface area contributed by atoms with Crippen LogP contribution in [0.1, 0.15) is 41.0 Å². The molecule has 7 heteroatoms. The number of aryl methyl sites for hydroxylation is 1. The number of rotatable bonds is 3. The molecule has 1 N–H and O–H groups in total. The average Bonchev–Trinajstić information content (AvgIpc) is 2.93. The van der Waals surface area contributed by atoms with Crippen molar-refractivity contribution >= 4 is 17.5 Å². The zero-order chi connectivity index (χ0) is 20.4. The molecule has 0 radical (unpaired) electrons. The SMILES string of the molecule is Cc1ccc(NC(=O)c2cc(N3C[C@@H](C)O[C@@H](C)C3)nc3c2CCOCC3)nc1. The third kappa shape index (κ3) is 4.57. The first-order chi connectivity index (χ1) is 14.0. The summed E-state index contributed by atoms with van der Waals surface area (Å²) in [4.78, 5) is 24.6. The van der Waals surface area contributed by atoms with E-state index >= 15 is 0 Å². The Balaban J connectivity index is 1.68. The number of hydrogen-bond donors (Lipinski definition) is 1. The van der Waals surface area contributed by atoms with Crippen LogP contribution in [0.25, 0.3) is 0 Å². The maximum atomic E-state index is 13.2. The van der Waals surface area contributed by atoms with E-state index in [0.717, 1.165) is 35.7 Å². The molecule has 1 fully saturated rings. The predicted molar refractivity (Wildman–Crippen MR) is 112 cm³/mol. The maximum absolute atomic E-state index is 13.2. The van der Waals surface area contributed by atoms with Crippen molar-refractivity contribution in [2.45, 2.75) is 45.8 Å². The van der Waals surface area contributed by atoms with Crippen LogP contribution in [0.15, 0.2) is 24.4 Å². The maximum Gasteiger partial charge on any atom is 0.257 e. The molecule has 1 amide bonds. The Morgan fingerprint density at radius 3 is 2.66 bits per heavy atom. The van der Waals surface area contributed by atoms with Crippen LogP contribution in [0.4, 0.5) is 11.6 Å². The fraction of sp³-hybridized carbons (Fsp3) is 0.500. The monoisotopic (exact) mass is 396 g/mol. The highest BCUT2D eigenvalue weighted by atomic mass is 16.5. The normalized spacial score (nSPS) is 22.0. The molecule has 2 aromatic rings. The topological polar surface area (TPSA) is 76.6 Å². The molecule has 0 aromatic carbocycles. The van der Waals surface area contributed by atoms with Gasteiger partial charge in [0.05, 0.1) is 25.4 Å². The van der Waals surface area contributed by atoms with E-state index in [1.54, 1.807) is 6.20 Å². The molecule has 0 bridgehead atoms. The van der Waals surface area contributed by atoms with E-state index in [9.17, 15) is 4.79 Å². The van der Waals surface area contributed by atoms with Gasteiger partial charge in [0.1, 0.15) is 11.6 Å². The van der Waals surface area contributed by atoms with Crippen LogP contribution in [-0.2, 0) is 22.3 Å². The summed E-state index contributed by atoms with van der Waals surface area (Å²) in [5, 5.41) is 2.94. The van der Waals surface area contributed by atoms with Gasteiger partial charge in [-0.05, 0) is 50.5 Å². The van der Waals surface area contributed by atoms with Crippen LogP contribution in [0, 0.1) is 6.92 Å². The molecule has 2 aliphatic heterocycles. The van der Waals surface area contributed by atoms with Crippen LogP contribution >= 0.6 is 0 Å². The lowest BCUT2D eigenvalue weighted by molar-refractivity contribution is -0.00547. The Morgan fingerprint density at radius 2 is 1.93 bits per heavy atom. The van der Waals surface area contributed by atoms with Crippen molar-refractivity contribution < 1.29 is 14.3 Å². The minimum atomic E-state index is -0.155. The molecule has 29 heavy (non-hydrogen) atoms. The largest absolute Gasteiger partial charge is 0.381 e. The highest BCUT2D eigenvalue weighted by molar-refractivity contribution is 6.05. The smallest absolute Gasteiger partial charge is 0.257 e. The summed E-state index contributed by atoms with van der Waals surface area (Å²) in [5.41, 5.74) is 3.64. The molecule has 7 nitrogen and oxygen atoms in total. The van der Waals surface area contributed by atoms with Crippen LogP contribution < -0.4 is 10.2 Å². The number of ether oxygens (including phenoxy) is 2. The van der Waals surface area contributed by atoms with Crippen molar-refractivity contribution in [2.24, 2.45) is 0 Å². The number of carbonyl (C=O) groups excluding carboxylic acids is 1. The number of pyridine rings is 2. The van der Waals surface area contributed by atoms with Gasteiger partial charge in [-0.2, -0.15) is 0 Å². The Hall–Kier alpha value is -2.51. The van der Waals surface area contributed by atoms with Crippen molar-refractivity contribution in [1.82, 2.24) is 9.97 Å². The molecule has 154 valence electrons. The average molecular weight is 396 g/mol. The fourth-order valence-electron chi connectivity index (χ4n) is 4.00. The van der Waals surface area contributed by atoms with Gasteiger partial charge in [0, 0.05) is 37.0 Å². The van der Waals surface area contributed by atoms with E-state index in [2.05, 4.69) is 29.0 Å². The number of carbonyl (C=O) groups is 1. The first-order valence-corrected chi connectivity index (χ1v) is 10.2. The standard InChI is InChI=1S/C22H28N4O3/c1-14-4-5-20(23-11-14)25-22(27)18-10-21(26-12-15(2)29-16(3)13-26)24-19-7-9-28-8-6-17(18)19/h4-5,10-11,15-16H,6-9,12-13H2,1-3H3,(H,23,25,27)/t15-,16+. The van der Waals surface area contributed by atoms with Crippen LogP contribution in [0.2, 0.25) is 0 Å². The van der Waals surface area contributed by atoms with E-state index in [1.165, 1.54) is 0 Å². The van der Waals surface area contributed by atoms with E-state index in [4.69, 9.17) is 14.5 Å². The summed E-state index contributed by atoms with van der Waals surface area (Å²) in [6.45, 7) is 8.84. The Morgan fingerprint density at radius 1 is 1.17 bits per heavy atom. The molecule has 4 rings (SSSR count). The van der Waals surface area contributed by atoms with Crippen LogP contribution in [0.5, 0.6) is 0 Å². The summed E-state index contributed by atoms with van der Waals surface area (Å²) >= 11 is 0. The minimum Gasteiger partial charge on any atom is -0.381 e. The molecular weight excluding hydrogens is 368 g/mol. The molecule has 0 saturated carbocycles. The molecule has 2 atom stereocenters. The third-order valence-corrected chi connectivity index (χ3v) is 5.32. The number of anilines is 2. The molecule has 2 aromatic heterocycles. The van der Waals surface area contributed by atoms with Crippen molar-refractivity contribution in [3.63, 3.8) is 0 Å². The predicted octanol–water partition coefficient (Wildman–Crippen LogP) is 2.77. The lowest BCUT2D eigenvalue weighted by Crippen LogP contribution is -2.46. The molecule has 0 unspecified atom stereocenters. The quantitative estimate of drug-likeness (QED) is 0.860. The Labute approximate surface area is 171 Å². The molecule has 2 aliphatic rings. The van der Waals surface area contributed by atoms with E-state index < -0.39 is 0 Å². The number of aromatic nitrogens is 2. The van der Waals surface area contributed by atoms with Crippen LogP contribution in [-0.4, -0.2) is 54.4 Å². The number of nitrogens with zero attached hydrogens (tertiary/aromatic N) is 3. The van der Waals surface area contributed by atoms with E-state index in [0.29, 0.717) is 37.4 Å². The highest BCUT2D eigenvalue weighted by Crippen LogP contribution is 2.26. The molecule has 0 spiro atoms. The van der Waals surface area contributed by atoms with E-state index in [1.807, 2.05) is 25.1 Å². The number of morpholine rings is 1. The zero-order valence-electron chi connectivity index (χ0n) is 17.3. The lowest BCUT2D eigenvalue weighted by atomic mass is 10.0. The minimum absolute atomic E-state index is 0.122. The first-order valence-electron chi connectivity index (χ1n) is 10.2. The number of hydrogen-bond acceptors (Lipinski definition) is 6. The second kappa shape index (κ2) is 8.47. The number of nitrogens with one attached hydrogen (secondary N) is 1. The number of amides is 1. The Bertz CT molecular complexity index is 874. The van der Waals surface area contributed by atoms with Crippen molar-refractivity contribution in [3.8, 4) is 0 Å². The zero-order valence-corrected chi connectivity index (χ0v) is 17.3. The summed E-state index contributed by atoms with van der Waals surface area (Å²) in [5.74, 6) is 1.22. The van der Waals surface area contributed by atoms with Gasteiger partial charge >= 0.3 is 0 Å². The van der Waals surface area contributed by atoms with Gasteiger partial charge in [-0.3, -0.25) is 4.79 Å². The highest BCUT2D eigenvalue weighted by Gasteiger charge is 2.27. The second-order valence-corrected chi connectivity index (χ2v) is 7.90. The molecular formula is C22H28N4O3. The molecule has 1 saturated heterocycles. The third-order valence-electron chi connectivity index (χ3n) is 5.32. The second-order valence-electron chi connectivity index (χ2n) is 7.90. The number of fused-ring (bicyclic) bond motifs is 1. The fourth-order valence-corrected chi connectivity index (χ4v) is 4.00. The van der Waals surface area contributed by atoms with E-state index in [-0.39, 0.29) is 18.1 Å². The van der Waals surface area contributed by atoms with Crippen molar-refractivity contribution in [1.29, 1.82) is 0 Å². The van der Waals surface area contributed by atoms with Gasteiger partial charge in [0.25, 0.3) is 5.91 Å². The van der Waals surface area contributed by atoms with Crippen molar-refractivity contribution in [2.75, 3.05) is 36.5 Å².